The summed E-state index contributed by atoms with van der Waals surface area (Å²) in [5.74, 6) is 3.14. The van der Waals surface area contributed by atoms with Gasteiger partial charge in [0, 0.05) is 17.0 Å². The number of rotatable bonds is 7. The number of aromatic nitrogens is 3. The highest BCUT2D eigenvalue weighted by atomic mass is 16.5. The van der Waals surface area contributed by atoms with Crippen molar-refractivity contribution in [3.05, 3.63) is 49.2 Å². The van der Waals surface area contributed by atoms with Crippen molar-refractivity contribution in [2.45, 2.75) is 18.9 Å². The van der Waals surface area contributed by atoms with Gasteiger partial charge in [0.1, 0.15) is 25.4 Å². The molecule has 2 aromatic carbocycles. The first-order chi connectivity index (χ1) is 16.6. The van der Waals surface area contributed by atoms with E-state index >= 15 is 0 Å². The summed E-state index contributed by atoms with van der Waals surface area (Å²) in [5, 5.41) is 5.72. The maximum absolute atomic E-state index is 7.77. The normalized spacial score (nSPS) is 15.3. The number of piperidine rings is 1. The zero-order chi connectivity index (χ0) is 23.5. The van der Waals surface area contributed by atoms with Gasteiger partial charge in [-0.3, -0.25) is 0 Å². The van der Waals surface area contributed by atoms with Gasteiger partial charge in [-0.05, 0) is 50.2 Å². The first-order valence-electron chi connectivity index (χ1n) is 11.2. The third kappa shape index (κ3) is 4.40. The van der Waals surface area contributed by atoms with Crippen LogP contribution in [0.4, 0.5) is 11.5 Å². The molecule has 33 heavy (non-hydrogen) atoms. The van der Waals surface area contributed by atoms with Crippen molar-refractivity contribution in [3.8, 4) is 28.6 Å². The molecule has 9 heteroatoms. The maximum atomic E-state index is 7.77. The SMILES string of the molecule is [2H]N1CCC(Oc2cc3c(Nc4cc(-c5cnco5)ccc4OC)ncnc3cc2OC)CC1. The molecule has 0 aliphatic carbocycles. The van der Waals surface area contributed by atoms with Crippen LogP contribution in [-0.2, 0) is 0 Å². The van der Waals surface area contributed by atoms with Gasteiger partial charge in [-0.2, -0.15) is 0 Å². The fourth-order valence-corrected chi connectivity index (χ4v) is 3.88. The Morgan fingerprint density at radius 1 is 1.06 bits per heavy atom. The number of nitrogens with zero attached hydrogens (tertiary/aromatic N) is 3. The number of ether oxygens (including phenoxy) is 3. The Morgan fingerprint density at radius 2 is 1.91 bits per heavy atom. The number of methoxy groups -OCH3 is 2. The minimum Gasteiger partial charge on any atom is -0.495 e. The molecule has 0 spiro atoms. The van der Waals surface area contributed by atoms with Crippen LogP contribution in [0, 0.1) is 0 Å². The van der Waals surface area contributed by atoms with Crippen LogP contribution in [-0.4, -0.2) is 48.4 Å². The highest BCUT2D eigenvalue weighted by Gasteiger charge is 2.19. The molecule has 0 amide bonds. The molecule has 9 nitrogen and oxygen atoms in total. The Bertz CT molecular complexity index is 1280. The van der Waals surface area contributed by atoms with E-state index in [9.17, 15) is 0 Å². The van der Waals surface area contributed by atoms with Crippen molar-refractivity contribution in [3.63, 3.8) is 0 Å². The Labute approximate surface area is 192 Å². The number of hydrogen-bond donors (Lipinski definition) is 2. The zero-order valence-corrected chi connectivity index (χ0v) is 18.4. The number of benzene rings is 2. The van der Waals surface area contributed by atoms with Gasteiger partial charge < -0.3 is 29.3 Å². The summed E-state index contributed by atoms with van der Waals surface area (Å²) in [6.07, 6.45) is 6.15. The van der Waals surface area contributed by atoms with E-state index in [2.05, 4.69) is 20.3 Å². The molecule has 3 heterocycles. The van der Waals surface area contributed by atoms with Crippen LogP contribution < -0.4 is 24.8 Å². The van der Waals surface area contributed by atoms with Gasteiger partial charge in [-0.25, -0.2) is 15.0 Å². The predicted molar refractivity (Wildman–Crippen MR) is 124 cm³/mol. The number of oxazole rings is 1. The van der Waals surface area contributed by atoms with Gasteiger partial charge in [-0.15, -0.1) is 0 Å². The second-order valence-corrected chi connectivity index (χ2v) is 7.64. The quantitative estimate of drug-likeness (QED) is 0.431. The molecule has 5 rings (SSSR count). The predicted octanol–water partition coefficient (Wildman–Crippen LogP) is 4.18. The third-order valence-electron chi connectivity index (χ3n) is 5.60. The fraction of sp³-hybridized carbons (Fsp3) is 0.292. The van der Waals surface area contributed by atoms with Crippen LogP contribution in [0.25, 0.3) is 22.2 Å². The molecule has 4 aromatic rings. The maximum Gasteiger partial charge on any atom is 0.181 e. The first-order valence-corrected chi connectivity index (χ1v) is 10.7. The summed E-state index contributed by atoms with van der Waals surface area (Å²) in [5.41, 5.74) is 2.29. The molecular formula is C24H25N5O4. The number of hydrogen-bond acceptors (Lipinski definition) is 9. The molecule has 2 N–H and O–H groups in total. The van der Waals surface area contributed by atoms with Gasteiger partial charge in [0.05, 0.1) is 31.6 Å². The van der Waals surface area contributed by atoms with E-state index in [0.717, 1.165) is 29.5 Å². The summed E-state index contributed by atoms with van der Waals surface area (Å²) in [7, 11) is 3.23. The van der Waals surface area contributed by atoms with Crippen LogP contribution in [0.1, 0.15) is 12.8 Å². The van der Waals surface area contributed by atoms with E-state index in [0.29, 0.717) is 47.4 Å². The highest BCUT2D eigenvalue weighted by molar-refractivity contribution is 5.93. The van der Waals surface area contributed by atoms with Gasteiger partial charge in [0.25, 0.3) is 0 Å². The van der Waals surface area contributed by atoms with Crippen molar-refractivity contribution in [1.82, 2.24) is 20.3 Å². The van der Waals surface area contributed by atoms with Crippen LogP contribution in [0.5, 0.6) is 17.2 Å². The first kappa shape index (κ1) is 19.8. The van der Waals surface area contributed by atoms with E-state index in [1.807, 2.05) is 30.3 Å². The lowest BCUT2D eigenvalue weighted by Crippen LogP contribution is -2.34. The van der Waals surface area contributed by atoms with Gasteiger partial charge in [0.2, 0.25) is 0 Å². The average molecular weight is 449 g/mol. The van der Waals surface area contributed by atoms with Crippen molar-refractivity contribution < 1.29 is 20.0 Å². The molecular weight excluding hydrogens is 422 g/mol. The second-order valence-electron chi connectivity index (χ2n) is 7.64. The largest absolute Gasteiger partial charge is 0.495 e. The standard InChI is InChI=1S/C24H25N5O4/c1-30-20-4-3-15(23-12-26-14-32-23)9-19(20)29-24-17-10-22(33-16-5-7-25-8-6-16)21(31-2)11-18(17)27-13-28-24/h3-4,9-14,16,25H,5-8H2,1-2H3,(H,27,28,29)/i/hD. The van der Waals surface area contributed by atoms with Crippen LogP contribution in [0.2, 0.25) is 1.41 Å². The van der Waals surface area contributed by atoms with Crippen LogP contribution in [0.15, 0.2) is 53.7 Å². The Balaban J connectivity index is 1.51. The van der Waals surface area contributed by atoms with E-state index in [1.165, 1.54) is 12.7 Å². The number of nitrogens with one attached hydrogen (secondary N) is 2. The number of fused-ring (bicyclic) bond motifs is 1. The van der Waals surface area contributed by atoms with Crippen molar-refractivity contribution in [2.75, 3.05) is 32.6 Å². The third-order valence-corrected chi connectivity index (χ3v) is 5.60. The molecule has 1 aliphatic rings. The number of anilines is 2. The van der Waals surface area contributed by atoms with E-state index in [-0.39, 0.29) is 6.10 Å². The lowest BCUT2D eigenvalue weighted by molar-refractivity contribution is 0.157. The molecule has 0 radical (unpaired) electrons. The molecule has 1 fully saturated rings. The Morgan fingerprint density at radius 3 is 2.67 bits per heavy atom. The lowest BCUT2D eigenvalue weighted by atomic mass is 10.1. The summed E-state index contributed by atoms with van der Waals surface area (Å²) in [4.78, 5) is 12.9. The Hall–Kier alpha value is -3.85. The minimum absolute atomic E-state index is 0.0210. The molecule has 170 valence electrons. The molecule has 1 saturated heterocycles. The van der Waals surface area contributed by atoms with Crippen molar-refractivity contribution in [1.29, 1.82) is 0 Å². The topological polar surface area (TPSA) is 104 Å². The zero-order valence-electron chi connectivity index (χ0n) is 19.4. The van der Waals surface area contributed by atoms with Crippen LogP contribution in [0.3, 0.4) is 0 Å². The average Bonchev–Trinajstić information content (AvgIpc) is 3.40. The fourth-order valence-electron chi connectivity index (χ4n) is 3.88. The minimum atomic E-state index is 0.0210. The molecule has 0 bridgehead atoms. The molecule has 0 atom stereocenters. The van der Waals surface area contributed by atoms with Crippen molar-refractivity contribution in [2.24, 2.45) is 0 Å². The summed E-state index contributed by atoms with van der Waals surface area (Å²) in [6, 6.07) is 9.43. The van der Waals surface area contributed by atoms with E-state index < -0.39 is 0 Å². The van der Waals surface area contributed by atoms with Gasteiger partial charge >= 0.3 is 0 Å². The smallest absolute Gasteiger partial charge is 0.181 e. The molecule has 0 saturated carbocycles. The molecule has 0 unspecified atom stereocenters. The second kappa shape index (κ2) is 9.33. The van der Waals surface area contributed by atoms with Gasteiger partial charge in [-0.1, -0.05) is 0 Å². The van der Waals surface area contributed by atoms with Gasteiger partial charge in [0.15, 0.2) is 23.7 Å². The summed E-state index contributed by atoms with van der Waals surface area (Å²) in [6.45, 7) is 1.36. The summed E-state index contributed by atoms with van der Waals surface area (Å²) < 4.78 is 30.6. The molecule has 2 aromatic heterocycles. The van der Waals surface area contributed by atoms with E-state index in [4.69, 9.17) is 20.0 Å². The lowest BCUT2D eigenvalue weighted by Gasteiger charge is -2.25. The highest BCUT2D eigenvalue weighted by Crippen LogP contribution is 2.38. The summed E-state index contributed by atoms with van der Waals surface area (Å²) >= 11 is 0. The molecule has 1 aliphatic heterocycles. The Kier molecular flexibility index (Phi) is 5.60. The van der Waals surface area contributed by atoms with E-state index in [1.54, 1.807) is 25.7 Å². The van der Waals surface area contributed by atoms with Crippen molar-refractivity contribution >= 4 is 22.4 Å². The van der Waals surface area contributed by atoms with Crippen LogP contribution >= 0.6 is 0 Å². The monoisotopic (exact) mass is 448 g/mol.